The largest absolute Gasteiger partial charge is 0.330 e. The number of sulfone groups is 1. The van der Waals surface area contributed by atoms with Crippen LogP contribution in [0.5, 0.6) is 0 Å². The van der Waals surface area contributed by atoms with Crippen LogP contribution in [0.25, 0.3) is 0 Å². The molecule has 0 spiro atoms. The molecule has 0 saturated heterocycles. The van der Waals surface area contributed by atoms with Crippen LogP contribution in [0.4, 0.5) is 0 Å². The SMILES string of the molecule is CC(CN)CS(=O)c1ccc(S(C)(=O)=O)cc1. The van der Waals surface area contributed by atoms with Crippen molar-refractivity contribution in [3.63, 3.8) is 0 Å². The molecule has 1 aromatic carbocycles. The van der Waals surface area contributed by atoms with Gasteiger partial charge in [-0.25, -0.2) is 8.42 Å². The van der Waals surface area contributed by atoms with E-state index in [0.717, 1.165) is 6.26 Å². The summed E-state index contributed by atoms with van der Waals surface area (Å²) in [5.74, 6) is 0.680. The van der Waals surface area contributed by atoms with Crippen LogP contribution in [0.2, 0.25) is 0 Å². The molecule has 0 aromatic heterocycles. The van der Waals surface area contributed by atoms with Crippen molar-refractivity contribution in [1.82, 2.24) is 0 Å². The number of rotatable bonds is 5. The van der Waals surface area contributed by atoms with Gasteiger partial charge in [-0.3, -0.25) is 4.21 Å². The van der Waals surface area contributed by atoms with E-state index in [4.69, 9.17) is 5.73 Å². The maximum absolute atomic E-state index is 11.9. The molecule has 1 aromatic rings. The molecule has 96 valence electrons. The monoisotopic (exact) mass is 275 g/mol. The third-order valence-corrected chi connectivity index (χ3v) is 5.15. The van der Waals surface area contributed by atoms with Gasteiger partial charge in [0.25, 0.3) is 0 Å². The van der Waals surface area contributed by atoms with E-state index in [2.05, 4.69) is 0 Å². The summed E-state index contributed by atoms with van der Waals surface area (Å²) >= 11 is 0. The van der Waals surface area contributed by atoms with Gasteiger partial charge in [0.05, 0.1) is 15.7 Å². The van der Waals surface area contributed by atoms with Gasteiger partial charge in [-0.15, -0.1) is 0 Å². The molecule has 2 N–H and O–H groups in total. The zero-order valence-electron chi connectivity index (χ0n) is 9.92. The van der Waals surface area contributed by atoms with Gasteiger partial charge in [0, 0.05) is 16.9 Å². The average molecular weight is 275 g/mol. The predicted octanol–water partition coefficient (Wildman–Crippen LogP) is 0.792. The van der Waals surface area contributed by atoms with Gasteiger partial charge in [-0.05, 0) is 36.7 Å². The molecule has 2 unspecified atom stereocenters. The minimum absolute atomic E-state index is 0.186. The van der Waals surface area contributed by atoms with Crippen LogP contribution < -0.4 is 5.73 Å². The van der Waals surface area contributed by atoms with Crippen molar-refractivity contribution in [3.8, 4) is 0 Å². The average Bonchev–Trinajstić information content (AvgIpc) is 2.27. The van der Waals surface area contributed by atoms with Gasteiger partial charge >= 0.3 is 0 Å². The first kappa shape index (κ1) is 14.3. The summed E-state index contributed by atoms with van der Waals surface area (Å²) in [4.78, 5) is 0.878. The first-order chi connectivity index (χ1) is 7.84. The molecule has 0 fully saturated rings. The van der Waals surface area contributed by atoms with Crippen LogP contribution in [0.3, 0.4) is 0 Å². The van der Waals surface area contributed by atoms with Crippen molar-refractivity contribution in [2.24, 2.45) is 11.7 Å². The van der Waals surface area contributed by atoms with Crippen molar-refractivity contribution in [2.45, 2.75) is 16.7 Å². The summed E-state index contributed by atoms with van der Waals surface area (Å²) < 4.78 is 34.4. The van der Waals surface area contributed by atoms with Gasteiger partial charge in [-0.2, -0.15) is 0 Å². The predicted molar refractivity (Wildman–Crippen MR) is 69.0 cm³/mol. The Hall–Kier alpha value is -0.720. The lowest BCUT2D eigenvalue weighted by Crippen LogP contribution is -2.17. The maximum Gasteiger partial charge on any atom is 0.175 e. The molecule has 0 aliphatic carbocycles. The molecule has 0 aliphatic rings. The molecule has 1 rings (SSSR count). The van der Waals surface area contributed by atoms with Gasteiger partial charge in [0.1, 0.15) is 0 Å². The van der Waals surface area contributed by atoms with Crippen LogP contribution in [0, 0.1) is 5.92 Å². The van der Waals surface area contributed by atoms with E-state index in [0.29, 0.717) is 17.2 Å². The first-order valence-corrected chi connectivity index (χ1v) is 8.44. The van der Waals surface area contributed by atoms with E-state index in [1.54, 1.807) is 12.1 Å². The third kappa shape index (κ3) is 4.22. The maximum atomic E-state index is 11.9. The Labute approximate surface area is 105 Å². The summed E-state index contributed by atoms with van der Waals surface area (Å²) in [6, 6.07) is 6.15. The summed E-state index contributed by atoms with van der Waals surface area (Å²) in [6.07, 6.45) is 1.15. The normalized spacial score (nSPS) is 15.5. The van der Waals surface area contributed by atoms with Crippen molar-refractivity contribution in [3.05, 3.63) is 24.3 Å². The fraction of sp³-hybridized carbons (Fsp3) is 0.455. The van der Waals surface area contributed by atoms with Crippen LogP contribution in [0.15, 0.2) is 34.1 Å². The molecule has 0 amide bonds. The molecule has 0 bridgehead atoms. The fourth-order valence-electron chi connectivity index (χ4n) is 1.26. The molecule has 0 radical (unpaired) electrons. The van der Waals surface area contributed by atoms with E-state index in [1.807, 2.05) is 6.92 Å². The molecule has 0 saturated carbocycles. The summed E-state index contributed by atoms with van der Waals surface area (Å²) in [5, 5.41) is 0. The lowest BCUT2D eigenvalue weighted by Gasteiger charge is -2.08. The fourth-order valence-corrected chi connectivity index (χ4v) is 3.18. The summed E-state index contributed by atoms with van der Waals surface area (Å²) in [7, 11) is -4.32. The van der Waals surface area contributed by atoms with Crippen LogP contribution in [0.1, 0.15) is 6.92 Å². The van der Waals surface area contributed by atoms with E-state index in [1.165, 1.54) is 12.1 Å². The molecule has 6 heteroatoms. The van der Waals surface area contributed by atoms with E-state index < -0.39 is 20.6 Å². The van der Waals surface area contributed by atoms with Gasteiger partial charge in [0.2, 0.25) is 0 Å². The van der Waals surface area contributed by atoms with Gasteiger partial charge < -0.3 is 5.73 Å². The van der Waals surface area contributed by atoms with Crippen LogP contribution in [-0.4, -0.2) is 31.2 Å². The molecule has 0 heterocycles. The van der Waals surface area contributed by atoms with Crippen molar-refractivity contribution >= 4 is 20.6 Å². The third-order valence-electron chi connectivity index (χ3n) is 2.35. The quantitative estimate of drug-likeness (QED) is 0.862. The Bertz CT molecular complexity index is 494. The highest BCUT2D eigenvalue weighted by molar-refractivity contribution is 7.90. The Morgan fingerprint density at radius 2 is 1.82 bits per heavy atom. The Morgan fingerprint density at radius 3 is 2.24 bits per heavy atom. The molecule has 0 aliphatic heterocycles. The lowest BCUT2D eigenvalue weighted by molar-refractivity contribution is 0.601. The first-order valence-electron chi connectivity index (χ1n) is 5.23. The van der Waals surface area contributed by atoms with Crippen molar-refractivity contribution in [2.75, 3.05) is 18.6 Å². The minimum atomic E-state index is -3.19. The van der Waals surface area contributed by atoms with Crippen LogP contribution in [-0.2, 0) is 20.6 Å². The van der Waals surface area contributed by atoms with Crippen LogP contribution >= 0.6 is 0 Å². The highest BCUT2D eigenvalue weighted by Crippen LogP contribution is 2.14. The van der Waals surface area contributed by atoms with E-state index in [9.17, 15) is 12.6 Å². The Balaban J connectivity index is 2.85. The summed E-state index contributed by atoms with van der Waals surface area (Å²) in [6.45, 7) is 2.43. The minimum Gasteiger partial charge on any atom is -0.330 e. The topological polar surface area (TPSA) is 77.2 Å². The number of hydrogen-bond donors (Lipinski definition) is 1. The Morgan fingerprint density at radius 1 is 1.29 bits per heavy atom. The standard InChI is InChI=1S/C11H17NO3S2/c1-9(7-12)8-16(13)10-3-5-11(6-4-10)17(2,14)15/h3-6,9H,7-8,12H2,1-2H3. The Kier molecular flexibility index (Phi) is 4.85. The van der Waals surface area contributed by atoms with Gasteiger partial charge in [0.15, 0.2) is 9.84 Å². The van der Waals surface area contributed by atoms with E-state index >= 15 is 0 Å². The lowest BCUT2D eigenvalue weighted by atomic mass is 10.2. The van der Waals surface area contributed by atoms with E-state index in [-0.39, 0.29) is 10.8 Å². The second-order valence-electron chi connectivity index (χ2n) is 4.10. The smallest absolute Gasteiger partial charge is 0.175 e. The summed E-state index contributed by atoms with van der Waals surface area (Å²) in [5.41, 5.74) is 5.47. The van der Waals surface area contributed by atoms with Crippen molar-refractivity contribution in [1.29, 1.82) is 0 Å². The zero-order chi connectivity index (χ0) is 13.1. The molecular weight excluding hydrogens is 258 g/mol. The second-order valence-corrected chi connectivity index (χ2v) is 7.61. The highest BCUT2D eigenvalue weighted by Gasteiger charge is 2.11. The number of nitrogens with two attached hydrogens (primary N) is 1. The molecular formula is C11H17NO3S2. The number of benzene rings is 1. The molecule has 4 nitrogen and oxygen atoms in total. The molecule has 17 heavy (non-hydrogen) atoms. The van der Waals surface area contributed by atoms with Gasteiger partial charge in [-0.1, -0.05) is 6.92 Å². The molecule has 2 atom stereocenters. The number of hydrogen-bond acceptors (Lipinski definition) is 4. The van der Waals surface area contributed by atoms with Crippen molar-refractivity contribution < 1.29 is 12.6 Å². The second kappa shape index (κ2) is 5.75. The highest BCUT2D eigenvalue weighted by atomic mass is 32.2. The zero-order valence-corrected chi connectivity index (χ0v) is 11.6.